The van der Waals surface area contributed by atoms with Gasteiger partial charge >= 0.3 is 0 Å². The topological polar surface area (TPSA) is 84.3 Å². The van der Waals surface area contributed by atoms with Gasteiger partial charge in [0.15, 0.2) is 0 Å². The van der Waals surface area contributed by atoms with Gasteiger partial charge in [0.2, 0.25) is 0 Å². The summed E-state index contributed by atoms with van der Waals surface area (Å²) in [7, 11) is -2.11. The Balaban J connectivity index is 1.46. The highest BCUT2D eigenvalue weighted by atomic mass is 32.2. The molecule has 32 heavy (non-hydrogen) atoms. The van der Waals surface area contributed by atoms with Crippen LogP contribution in [0.5, 0.6) is 0 Å². The third kappa shape index (κ3) is 4.30. The van der Waals surface area contributed by atoms with Crippen molar-refractivity contribution in [2.24, 2.45) is 0 Å². The molecule has 0 saturated carbocycles. The summed E-state index contributed by atoms with van der Waals surface area (Å²) in [5, 5.41) is 4.66. The van der Waals surface area contributed by atoms with Gasteiger partial charge < -0.3 is 9.88 Å². The molecular weight excluding hydrogens is 444 g/mol. The number of hydrogen-bond acceptors (Lipinski definition) is 5. The summed E-state index contributed by atoms with van der Waals surface area (Å²) < 4.78 is 28.8. The lowest BCUT2D eigenvalue weighted by Gasteiger charge is -2.18. The van der Waals surface area contributed by atoms with Crippen molar-refractivity contribution in [2.75, 3.05) is 11.4 Å². The van der Waals surface area contributed by atoms with Gasteiger partial charge in [-0.05, 0) is 54.3 Å². The monoisotopic (exact) mass is 466 g/mol. The number of anilines is 1. The van der Waals surface area contributed by atoms with Crippen LogP contribution in [0, 0.1) is 6.92 Å². The van der Waals surface area contributed by atoms with Gasteiger partial charge in [0.05, 0.1) is 11.4 Å². The molecule has 2 aromatic carbocycles. The first-order valence-electron chi connectivity index (χ1n) is 9.87. The molecule has 1 N–H and O–H groups in total. The van der Waals surface area contributed by atoms with E-state index in [1.807, 2.05) is 42.0 Å². The fourth-order valence-electron chi connectivity index (χ4n) is 3.31. The first-order valence-corrected chi connectivity index (χ1v) is 12.2. The molecule has 0 aliphatic carbocycles. The van der Waals surface area contributed by atoms with Crippen molar-refractivity contribution in [2.45, 2.75) is 17.7 Å². The summed E-state index contributed by atoms with van der Waals surface area (Å²) in [4.78, 5) is 16.9. The summed E-state index contributed by atoms with van der Waals surface area (Å²) in [6, 6.07) is 17.6. The maximum Gasteiger partial charge on any atom is 0.273 e. The van der Waals surface area contributed by atoms with Crippen LogP contribution in [0.3, 0.4) is 0 Å². The van der Waals surface area contributed by atoms with Crippen LogP contribution in [0.15, 0.2) is 82.6 Å². The molecular formula is C23H22N4O3S2. The summed E-state index contributed by atoms with van der Waals surface area (Å²) in [6.45, 7) is 2.27. The summed E-state index contributed by atoms with van der Waals surface area (Å²) in [5.74, 6) is 0.624. The van der Waals surface area contributed by atoms with Crippen LogP contribution in [-0.4, -0.2) is 30.9 Å². The molecule has 0 bridgehead atoms. The van der Waals surface area contributed by atoms with E-state index in [1.54, 1.807) is 48.0 Å². The summed E-state index contributed by atoms with van der Waals surface area (Å²) in [6.07, 6.45) is 3.62. The lowest BCUT2D eigenvalue weighted by atomic mass is 10.1. The molecule has 9 heteroatoms. The average molecular weight is 467 g/mol. The second-order valence-corrected chi connectivity index (χ2v) is 10.3. The molecule has 0 saturated heterocycles. The van der Waals surface area contributed by atoms with E-state index in [0.717, 1.165) is 17.1 Å². The number of amides is 1. The quantitative estimate of drug-likeness (QED) is 0.446. The molecule has 4 rings (SSSR count). The molecule has 0 aliphatic rings. The number of aryl methyl sites for hydroxylation is 1. The third-order valence-electron chi connectivity index (χ3n) is 5.12. The first-order chi connectivity index (χ1) is 15.4. The number of rotatable bonds is 7. The van der Waals surface area contributed by atoms with Gasteiger partial charge in [-0.2, -0.15) is 0 Å². The Hall–Kier alpha value is -3.43. The molecule has 164 valence electrons. The maximum absolute atomic E-state index is 12.7. The first kappa shape index (κ1) is 21.8. The number of thiophene rings is 1. The van der Waals surface area contributed by atoms with Crippen molar-refractivity contribution in [3.63, 3.8) is 0 Å². The van der Waals surface area contributed by atoms with Crippen molar-refractivity contribution in [3.05, 3.63) is 95.4 Å². The van der Waals surface area contributed by atoms with Crippen LogP contribution >= 0.6 is 11.3 Å². The van der Waals surface area contributed by atoms with E-state index in [1.165, 1.54) is 22.7 Å². The van der Waals surface area contributed by atoms with Crippen molar-refractivity contribution in [3.8, 4) is 5.69 Å². The van der Waals surface area contributed by atoms with Gasteiger partial charge in [0.1, 0.15) is 10.0 Å². The van der Waals surface area contributed by atoms with E-state index in [0.29, 0.717) is 17.8 Å². The molecule has 2 aromatic heterocycles. The minimum absolute atomic E-state index is 0.238. The van der Waals surface area contributed by atoms with Crippen LogP contribution in [0.1, 0.15) is 21.7 Å². The van der Waals surface area contributed by atoms with Gasteiger partial charge in [-0.25, -0.2) is 13.4 Å². The van der Waals surface area contributed by atoms with E-state index in [9.17, 15) is 13.2 Å². The molecule has 1 amide bonds. The van der Waals surface area contributed by atoms with Crippen molar-refractivity contribution in [1.82, 2.24) is 14.9 Å². The fraction of sp³-hybridized carbons (Fsp3) is 0.130. The molecule has 7 nitrogen and oxygen atoms in total. The SMILES string of the molecule is Cc1nccn1-c1ccccc1CNC(=O)c1ccc(N(C)S(=O)(=O)c2cccs2)cc1. The molecule has 4 aromatic rings. The molecule has 0 atom stereocenters. The van der Waals surface area contributed by atoms with Crippen LogP contribution in [0.4, 0.5) is 5.69 Å². The van der Waals surface area contributed by atoms with E-state index >= 15 is 0 Å². The van der Waals surface area contributed by atoms with Crippen molar-refractivity contribution in [1.29, 1.82) is 0 Å². The van der Waals surface area contributed by atoms with Crippen LogP contribution < -0.4 is 9.62 Å². The molecule has 0 aliphatic heterocycles. The molecule has 0 radical (unpaired) electrons. The Labute approximate surface area is 191 Å². The van der Waals surface area contributed by atoms with Crippen LogP contribution in [0.25, 0.3) is 5.69 Å². The Morgan fingerprint density at radius 2 is 1.84 bits per heavy atom. The average Bonchev–Trinajstić information content (AvgIpc) is 3.50. The van der Waals surface area contributed by atoms with Crippen molar-refractivity contribution >= 4 is 33.0 Å². The minimum Gasteiger partial charge on any atom is -0.348 e. The number of nitrogens with one attached hydrogen (secondary N) is 1. The second-order valence-electron chi connectivity index (χ2n) is 7.11. The standard InChI is InChI=1S/C23H22N4O3S2/c1-17-24-13-14-27(17)21-7-4-3-6-19(21)16-25-23(28)18-9-11-20(12-10-18)26(2)32(29,30)22-8-5-15-31-22/h3-15H,16H2,1-2H3,(H,25,28). The maximum atomic E-state index is 12.7. The van der Waals surface area contributed by atoms with Gasteiger partial charge in [-0.3, -0.25) is 9.10 Å². The smallest absolute Gasteiger partial charge is 0.273 e. The number of hydrogen-bond donors (Lipinski definition) is 1. The predicted molar refractivity (Wildman–Crippen MR) is 126 cm³/mol. The second kappa shape index (κ2) is 8.97. The summed E-state index contributed by atoms with van der Waals surface area (Å²) in [5.41, 5.74) is 2.85. The van der Waals surface area contributed by atoms with E-state index in [4.69, 9.17) is 0 Å². The number of nitrogens with zero attached hydrogens (tertiary/aromatic N) is 3. The Bertz CT molecular complexity index is 1330. The third-order valence-corrected chi connectivity index (χ3v) is 8.28. The number of carbonyl (C=O) groups excluding carboxylic acids is 1. The zero-order valence-corrected chi connectivity index (χ0v) is 19.2. The van der Waals surface area contributed by atoms with E-state index in [-0.39, 0.29) is 10.1 Å². The minimum atomic E-state index is -3.61. The van der Waals surface area contributed by atoms with Gasteiger partial charge in [-0.15, -0.1) is 11.3 Å². The largest absolute Gasteiger partial charge is 0.348 e. The lowest BCUT2D eigenvalue weighted by Crippen LogP contribution is -2.26. The lowest BCUT2D eigenvalue weighted by molar-refractivity contribution is 0.0951. The summed E-state index contributed by atoms with van der Waals surface area (Å²) >= 11 is 1.17. The fourth-order valence-corrected chi connectivity index (χ4v) is 5.67. The number of para-hydroxylation sites is 1. The number of imidazole rings is 1. The Morgan fingerprint density at radius 3 is 2.50 bits per heavy atom. The molecule has 0 unspecified atom stereocenters. The zero-order valence-electron chi connectivity index (χ0n) is 17.6. The van der Waals surface area contributed by atoms with Gasteiger partial charge in [-0.1, -0.05) is 24.3 Å². The highest BCUT2D eigenvalue weighted by Gasteiger charge is 2.22. The molecule has 0 spiro atoms. The normalized spacial score (nSPS) is 11.3. The molecule has 0 fully saturated rings. The predicted octanol–water partition coefficient (Wildman–Crippen LogP) is 4.00. The Morgan fingerprint density at radius 1 is 1.09 bits per heavy atom. The number of benzene rings is 2. The Kier molecular flexibility index (Phi) is 6.11. The van der Waals surface area contributed by atoms with E-state index in [2.05, 4.69) is 10.3 Å². The zero-order chi connectivity index (χ0) is 22.7. The highest BCUT2D eigenvalue weighted by molar-refractivity contribution is 7.94. The number of carbonyl (C=O) groups is 1. The van der Waals surface area contributed by atoms with Crippen LogP contribution in [0.2, 0.25) is 0 Å². The van der Waals surface area contributed by atoms with Gasteiger partial charge in [0.25, 0.3) is 15.9 Å². The van der Waals surface area contributed by atoms with E-state index < -0.39 is 10.0 Å². The van der Waals surface area contributed by atoms with Crippen molar-refractivity contribution < 1.29 is 13.2 Å². The number of aromatic nitrogens is 2. The number of sulfonamides is 1. The van der Waals surface area contributed by atoms with Gasteiger partial charge in [0, 0.05) is 31.5 Å². The van der Waals surface area contributed by atoms with Crippen LogP contribution in [-0.2, 0) is 16.6 Å². The molecule has 2 heterocycles. The highest BCUT2D eigenvalue weighted by Crippen LogP contribution is 2.25.